The molecule has 0 unspecified atom stereocenters. The second-order valence-electron chi connectivity index (χ2n) is 5.86. The smallest absolute Gasteiger partial charge is 0.272 e. The maximum atomic E-state index is 14.0. The summed E-state index contributed by atoms with van der Waals surface area (Å²) in [4.78, 5) is 15.5. The molecule has 0 fully saturated rings. The quantitative estimate of drug-likeness (QED) is 0.622. The molecule has 0 atom stereocenters. The molecule has 1 amide bonds. The number of H-pyrrole nitrogens is 1. The van der Waals surface area contributed by atoms with E-state index in [1.165, 1.54) is 11.6 Å². The zero-order valence-corrected chi connectivity index (χ0v) is 14.3. The summed E-state index contributed by atoms with van der Waals surface area (Å²) in [5.41, 5.74) is 4.08. The molecule has 1 aliphatic rings. The van der Waals surface area contributed by atoms with E-state index in [2.05, 4.69) is 37.6 Å². The van der Waals surface area contributed by atoms with Gasteiger partial charge in [-0.1, -0.05) is 28.1 Å². The number of nitrogens with one attached hydrogen (secondary N) is 3. The van der Waals surface area contributed by atoms with Crippen molar-refractivity contribution in [3.05, 3.63) is 63.5 Å². The molecule has 0 saturated heterocycles. The minimum atomic E-state index is -0.365. The fraction of sp³-hybridized carbons (Fsp3) is 0.167. The first-order valence-electron chi connectivity index (χ1n) is 7.72. The standard InChI is InChI=1S/C18H15BrFN3O/c19-11-6-14(20)12-8-17(22-16(12)7-11)18(24)23-15-3-1-2-10-4-5-21-9-13(10)15/h1-3,6-8,21-22H,4-5,9H2,(H,23,24). The van der Waals surface area contributed by atoms with Crippen molar-refractivity contribution in [2.75, 3.05) is 11.9 Å². The monoisotopic (exact) mass is 387 g/mol. The summed E-state index contributed by atoms with van der Waals surface area (Å²) in [5, 5.41) is 6.66. The molecule has 0 aliphatic carbocycles. The molecular weight excluding hydrogens is 373 g/mol. The van der Waals surface area contributed by atoms with Gasteiger partial charge < -0.3 is 15.6 Å². The van der Waals surface area contributed by atoms with Crippen LogP contribution in [0.5, 0.6) is 0 Å². The van der Waals surface area contributed by atoms with Gasteiger partial charge in [-0.2, -0.15) is 0 Å². The van der Waals surface area contributed by atoms with E-state index in [-0.39, 0.29) is 11.7 Å². The third-order valence-electron chi connectivity index (χ3n) is 4.29. The molecule has 3 N–H and O–H groups in total. The van der Waals surface area contributed by atoms with Crippen molar-refractivity contribution in [1.82, 2.24) is 10.3 Å². The predicted molar refractivity (Wildman–Crippen MR) is 95.8 cm³/mol. The lowest BCUT2D eigenvalue weighted by molar-refractivity contribution is 0.102. The number of aromatic nitrogens is 1. The molecule has 2 aromatic carbocycles. The molecule has 3 aromatic rings. The van der Waals surface area contributed by atoms with Gasteiger partial charge in [-0.05, 0) is 48.4 Å². The van der Waals surface area contributed by atoms with Crippen LogP contribution in [0.2, 0.25) is 0 Å². The van der Waals surface area contributed by atoms with Crippen molar-refractivity contribution in [3.8, 4) is 0 Å². The van der Waals surface area contributed by atoms with Gasteiger partial charge in [-0.3, -0.25) is 4.79 Å². The molecule has 4 nitrogen and oxygen atoms in total. The van der Waals surface area contributed by atoms with Gasteiger partial charge in [0.2, 0.25) is 0 Å². The van der Waals surface area contributed by atoms with Crippen LogP contribution in [0, 0.1) is 5.82 Å². The molecule has 0 bridgehead atoms. The molecule has 2 heterocycles. The number of rotatable bonds is 2. The van der Waals surface area contributed by atoms with Crippen LogP contribution in [0.4, 0.5) is 10.1 Å². The van der Waals surface area contributed by atoms with Gasteiger partial charge in [0, 0.05) is 22.1 Å². The summed E-state index contributed by atoms with van der Waals surface area (Å²) < 4.78 is 14.6. The van der Waals surface area contributed by atoms with E-state index in [4.69, 9.17) is 0 Å². The van der Waals surface area contributed by atoms with Crippen molar-refractivity contribution >= 4 is 38.4 Å². The van der Waals surface area contributed by atoms with Gasteiger partial charge in [0.25, 0.3) is 5.91 Å². The highest BCUT2D eigenvalue weighted by Gasteiger charge is 2.17. The Morgan fingerprint density at radius 1 is 1.25 bits per heavy atom. The van der Waals surface area contributed by atoms with Gasteiger partial charge in [0.15, 0.2) is 0 Å². The number of halogens is 2. The van der Waals surface area contributed by atoms with Gasteiger partial charge in [0.05, 0.1) is 5.52 Å². The van der Waals surface area contributed by atoms with Crippen molar-refractivity contribution in [2.45, 2.75) is 13.0 Å². The van der Waals surface area contributed by atoms with Crippen LogP contribution < -0.4 is 10.6 Å². The Balaban J connectivity index is 1.67. The van der Waals surface area contributed by atoms with Crippen LogP contribution in [-0.2, 0) is 13.0 Å². The third-order valence-corrected chi connectivity index (χ3v) is 4.75. The Hall–Kier alpha value is -2.18. The second-order valence-corrected chi connectivity index (χ2v) is 6.77. The first-order chi connectivity index (χ1) is 11.6. The van der Waals surface area contributed by atoms with Gasteiger partial charge >= 0.3 is 0 Å². The average Bonchev–Trinajstić information content (AvgIpc) is 3.00. The van der Waals surface area contributed by atoms with Crippen LogP contribution in [0.15, 0.2) is 40.9 Å². The van der Waals surface area contributed by atoms with Crippen LogP contribution in [0.1, 0.15) is 21.6 Å². The number of carbonyl (C=O) groups excluding carboxylic acids is 1. The fourth-order valence-electron chi connectivity index (χ4n) is 3.10. The highest BCUT2D eigenvalue weighted by atomic mass is 79.9. The van der Waals surface area contributed by atoms with Gasteiger partial charge in [0.1, 0.15) is 11.5 Å². The molecule has 4 rings (SSSR count). The molecule has 6 heteroatoms. The zero-order valence-electron chi connectivity index (χ0n) is 12.7. The van der Waals surface area contributed by atoms with E-state index in [0.717, 1.165) is 30.8 Å². The summed E-state index contributed by atoms with van der Waals surface area (Å²) >= 11 is 3.26. The predicted octanol–water partition coefficient (Wildman–Crippen LogP) is 3.97. The van der Waals surface area contributed by atoms with Crippen LogP contribution in [-0.4, -0.2) is 17.4 Å². The normalized spacial score (nSPS) is 13.8. The van der Waals surface area contributed by atoms with Crippen molar-refractivity contribution in [1.29, 1.82) is 0 Å². The highest BCUT2D eigenvalue weighted by molar-refractivity contribution is 9.10. The van der Waals surface area contributed by atoms with Crippen molar-refractivity contribution in [2.24, 2.45) is 0 Å². The lowest BCUT2D eigenvalue weighted by atomic mass is 9.99. The minimum absolute atomic E-state index is 0.277. The van der Waals surface area contributed by atoms with Crippen LogP contribution in [0.3, 0.4) is 0 Å². The van der Waals surface area contributed by atoms with E-state index in [0.29, 0.717) is 21.1 Å². The zero-order chi connectivity index (χ0) is 16.7. The first-order valence-corrected chi connectivity index (χ1v) is 8.52. The SMILES string of the molecule is O=C(Nc1cccc2c1CNCC2)c1cc2c(F)cc(Br)cc2[nH]1. The topological polar surface area (TPSA) is 56.9 Å². The van der Waals surface area contributed by atoms with E-state index in [1.807, 2.05) is 12.1 Å². The minimum Gasteiger partial charge on any atom is -0.350 e. The van der Waals surface area contributed by atoms with E-state index in [1.54, 1.807) is 12.1 Å². The molecule has 122 valence electrons. The van der Waals surface area contributed by atoms with E-state index < -0.39 is 0 Å². The molecular formula is C18H15BrFN3O. The first kappa shape index (κ1) is 15.4. The molecule has 0 radical (unpaired) electrons. The summed E-state index contributed by atoms with van der Waals surface area (Å²) in [5.74, 6) is -0.642. The Morgan fingerprint density at radius 2 is 2.12 bits per heavy atom. The Kier molecular flexibility index (Phi) is 3.86. The summed E-state index contributed by atoms with van der Waals surface area (Å²) in [6.45, 7) is 1.68. The molecule has 1 aromatic heterocycles. The third kappa shape index (κ3) is 2.72. The fourth-order valence-corrected chi connectivity index (χ4v) is 3.53. The number of aromatic amines is 1. The lowest BCUT2D eigenvalue weighted by Gasteiger charge is -2.20. The summed E-state index contributed by atoms with van der Waals surface area (Å²) in [6, 6.07) is 10.6. The molecule has 0 spiro atoms. The van der Waals surface area contributed by atoms with E-state index in [9.17, 15) is 9.18 Å². The average molecular weight is 388 g/mol. The number of hydrogen-bond donors (Lipinski definition) is 3. The number of hydrogen-bond acceptors (Lipinski definition) is 2. The number of amides is 1. The molecule has 0 saturated carbocycles. The largest absolute Gasteiger partial charge is 0.350 e. The number of benzene rings is 2. The number of anilines is 1. The number of fused-ring (bicyclic) bond motifs is 2. The van der Waals surface area contributed by atoms with Crippen LogP contribution in [0.25, 0.3) is 10.9 Å². The second kappa shape index (κ2) is 6.03. The highest BCUT2D eigenvalue weighted by Crippen LogP contribution is 2.26. The van der Waals surface area contributed by atoms with Gasteiger partial charge in [-0.15, -0.1) is 0 Å². The summed E-state index contributed by atoms with van der Waals surface area (Å²) in [7, 11) is 0. The summed E-state index contributed by atoms with van der Waals surface area (Å²) in [6.07, 6.45) is 0.949. The number of carbonyl (C=O) groups is 1. The Bertz CT molecular complexity index is 951. The van der Waals surface area contributed by atoms with Crippen molar-refractivity contribution < 1.29 is 9.18 Å². The van der Waals surface area contributed by atoms with Gasteiger partial charge in [-0.25, -0.2) is 4.39 Å². The maximum absolute atomic E-state index is 14.0. The van der Waals surface area contributed by atoms with Crippen LogP contribution >= 0.6 is 15.9 Å². The maximum Gasteiger partial charge on any atom is 0.272 e. The molecule has 24 heavy (non-hydrogen) atoms. The molecule has 1 aliphatic heterocycles. The van der Waals surface area contributed by atoms with E-state index >= 15 is 0 Å². The Morgan fingerprint density at radius 3 is 3.00 bits per heavy atom. The lowest BCUT2D eigenvalue weighted by Crippen LogP contribution is -2.25. The van der Waals surface area contributed by atoms with Crippen molar-refractivity contribution in [3.63, 3.8) is 0 Å². The Labute approximate surface area is 146 Å².